The summed E-state index contributed by atoms with van der Waals surface area (Å²) in [6.45, 7) is 6.74. The maximum Gasteiger partial charge on any atom is 0.256 e. The summed E-state index contributed by atoms with van der Waals surface area (Å²) in [5.74, 6) is 0.826. The first-order valence-corrected chi connectivity index (χ1v) is 8.81. The van der Waals surface area contributed by atoms with Crippen molar-refractivity contribution in [1.82, 2.24) is 9.91 Å². The van der Waals surface area contributed by atoms with Crippen LogP contribution in [0.15, 0.2) is 35.4 Å². The van der Waals surface area contributed by atoms with Gasteiger partial charge >= 0.3 is 0 Å². The summed E-state index contributed by atoms with van der Waals surface area (Å²) in [5, 5.41) is 6.23. The highest BCUT2D eigenvalue weighted by Crippen LogP contribution is 2.27. The minimum absolute atomic E-state index is 0.145. The van der Waals surface area contributed by atoms with Crippen molar-refractivity contribution in [1.29, 1.82) is 0 Å². The van der Waals surface area contributed by atoms with Crippen LogP contribution in [0.3, 0.4) is 0 Å². The van der Waals surface area contributed by atoms with Gasteiger partial charge in [0, 0.05) is 12.5 Å². The Hall–Kier alpha value is -1.68. The Morgan fingerprint density at radius 1 is 1.30 bits per heavy atom. The first kappa shape index (κ1) is 16.2. The second kappa shape index (κ2) is 7.26. The van der Waals surface area contributed by atoms with Gasteiger partial charge in [-0.1, -0.05) is 44.2 Å². The van der Waals surface area contributed by atoms with Crippen molar-refractivity contribution >= 4 is 11.6 Å². The van der Waals surface area contributed by atoms with Gasteiger partial charge in [0.15, 0.2) is 0 Å². The van der Waals surface area contributed by atoms with Crippen molar-refractivity contribution in [3.05, 3.63) is 35.9 Å². The van der Waals surface area contributed by atoms with Crippen molar-refractivity contribution in [3.63, 3.8) is 0 Å². The molecule has 0 aromatic heterocycles. The van der Waals surface area contributed by atoms with Crippen molar-refractivity contribution in [2.75, 3.05) is 19.6 Å². The summed E-state index contributed by atoms with van der Waals surface area (Å²) in [4.78, 5) is 14.9. The van der Waals surface area contributed by atoms with Crippen LogP contribution in [0.2, 0.25) is 0 Å². The lowest BCUT2D eigenvalue weighted by Gasteiger charge is -2.24. The van der Waals surface area contributed by atoms with Crippen LogP contribution < -0.4 is 0 Å². The molecule has 0 N–H and O–H groups in total. The molecule has 3 rings (SSSR count). The van der Waals surface area contributed by atoms with Gasteiger partial charge in [0.25, 0.3) is 5.91 Å². The third-order valence-electron chi connectivity index (χ3n) is 4.59. The second-order valence-corrected chi connectivity index (χ2v) is 7.06. The van der Waals surface area contributed by atoms with Gasteiger partial charge in [0.05, 0.1) is 18.8 Å². The maximum atomic E-state index is 12.6. The van der Waals surface area contributed by atoms with Gasteiger partial charge in [-0.2, -0.15) is 5.10 Å². The molecule has 1 fully saturated rings. The lowest BCUT2D eigenvalue weighted by molar-refractivity contribution is -0.132. The normalized spacial score (nSPS) is 17.9. The SMILES string of the molecule is CC(C)CCN(CC(=O)N1CCC(c2ccccc2)=N1)C1CC1. The van der Waals surface area contributed by atoms with Gasteiger partial charge in [-0.25, -0.2) is 5.01 Å². The van der Waals surface area contributed by atoms with E-state index in [4.69, 9.17) is 0 Å². The predicted octanol–water partition coefficient (Wildman–Crippen LogP) is 3.13. The summed E-state index contributed by atoms with van der Waals surface area (Å²) in [5.41, 5.74) is 2.15. The summed E-state index contributed by atoms with van der Waals surface area (Å²) >= 11 is 0. The fourth-order valence-corrected chi connectivity index (χ4v) is 2.98. The van der Waals surface area contributed by atoms with Crippen LogP contribution in [0, 0.1) is 5.92 Å². The monoisotopic (exact) mass is 313 g/mol. The molecule has 0 atom stereocenters. The van der Waals surface area contributed by atoms with E-state index in [1.165, 1.54) is 12.8 Å². The Morgan fingerprint density at radius 3 is 2.70 bits per heavy atom. The summed E-state index contributed by atoms with van der Waals surface area (Å²) < 4.78 is 0. The lowest BCUT2D eigenvalue weighted by Crippen LogP contribution is -2.39. The molecule has 0 saturated heterocycles. The van der Waals surface area contributed by atoms with Gasteiger partial charge in [0.2, 0.25) is 0 Å². The number of nitrogens with zero attached hydrogens (tertiary/aromatic N) is 3. The molecule has 2 aliphatic rings. The van der Waals surface area contributed by atoms with E-state index in [2.05, 4.69) is 36.0 Å². The van der Waals surface area contributed by atoms with Gasteiger partial charge in [0.1, 0.15) is 0 Å². The highest BCUT2D eigenvalue weighted by molar-refractivity contribution is 6.02. The molecule has 4 nitrogen and oxygen atoms in total. The van der Waals surface area contributed by atoms with Crippen molar-refractivity contribution in [2.24, 2.45) is 11.0 Å². The summed E-state index contributed by atoms with van der Waals surface area (Å²) in [7, 11) is 0. The van der Waals surface area contributed by atoms with Gasteiger partial charge in [-0.15, -0.1) is 0 Å². The van der Waals surface area contributed by atoms with E-state index in [1.807, 2.05) is 18.2 Å². The van der Waals surface area contributed by atoms with Crippen LogP contribution in [0.25, 0.3) is 0 Å². The highest BCUT2D eigenvalue weighted by Gasteiger charge is 2.32. The van der Waals surface area contributed by atoms with E-state index in [-0.39, 0.29) is 5.91 Å². The van der Waals surface area contributed by atoms with Crippen LogP contribution in [-0.4, -0.2) is 47.2 Å². The maximum absolute atomic E-state index is 12.6. The fourth-order valence-electron chi connectivity index (χ4n) is 2.98. The smallest absolute Gasteiger partial charge is 0.256 e. The Kier molecular flexibility index (Phi) is 5.11. The third-order valence-corrected chi connectivity index (χ3v) is 4.59. The number of hydrazone groups is 1. The molecular formula is C19H27N3O. The molecule has 23 heavy (non-hydrogen) atoms. The van der Waals surface area contributed by atoms with Gasteiger partial charge in [-0.05, 0) is 37.3 Å². The number of amides is 1. The Labute approximate surface area is 139 Å². The van der Waals surface area contributed by atoms with E-state index >= 15 is 0 Å². The quantitative estimate of drug-likeness (QED) is 0.775. The molecule has 0 radical (unpaired) electrons. The van der Waals surface area contributed by atoms with E-state index < -0.39 is 0 Å². The first-order valence-electron chi connectivity index (χ1n) is 8.81. The topological polar surface area (TPSA) is 35.9 Å². The number of carbonyl (C=O) groups is 1. The molecule has 0 bridgehead atoms. The molecule has 0 spiro atoms. The molecule has 1 saturated carbocycles. The standard InChI is InChI=1S/C19H27N3O/c1-15(2)10-12-21(17-8-9-17)14-19(23)22-13-11-18(20-22)16-6-4-3-5-7-16/h3-7,15,17H,8-14H2,1-2H3. The molecule has 124 valence electrons. The van der Waals surface area contributed by atoms with Crippen molar-refractivity contribution in [3.8, 4) is 0 Å². The zero-order valence-electron chi connectivity index (χ0n) is 14.2. The molecule has 4 heteroatoms. The summed E-state index contributed by atoms with van der Waals surface area (Å²) in [6.07, 6.45) is 4.49. The van der Waals surface area contributed by atoms with Crippen LogP contribution in [0.5, 0.6) is 0 Å². The van der Waals surface area contributed by atoms with E-state index in [9.17, 15) is 4.79 Å². The largest absolute Gasteiger partial charge is 0.291 e. The minimum atomic E-state index is 0.145. The Balaban J connectivity index is 1.58. The number of rotatable bonds is 7. The molecule has 1 aliphatic heterocycles. The zero-order valence-corrected chi connectivity index (χ0v) is 14.2. The average Bonchev–Trinajstić information content (AvgIpc) is 3.27. The van der Waals surface area contributed by atoms with E-state index in [0.29, 0.717) is 25.0 Å². The fraction of sp³-hybridized carbons (Fsp3) is 0.579. The Bertz CT molecular complexity index is 563. The lowest BCUT2D eigenvalue weighted by atomic mass is 10.1. The summed E-state index contributed by atoms with van der Waals surface area (Å²) in [6, 6.07) is 10.8. The minimum Gasteiger partial charge on any atom is -0.291 e. The van der Waals surface area contributed by atoms with Crippen LogP contribution in [-0.2, 0) is 4.79 Å². The molecule has 1 aromatic carbocycles. The van der Waals surface area contributed by atoms with Crippen LogP contribution >= 0.6 is 0 Å². The highest BCUT2D eigenvalue weighted by atomic mass is 16.2. The van der Waals surface area contributed by atoms with Crippen molar-refractivity contribution < 1.29 is 4.79 Å². The van der Waals surface area contributed by atoms with E-state index in [0.717, 1.165) is 30.7 Å². The van der Waals surface area contributed by atoms with Crippen LogP contribution in [0.4, 0.5) is 0 Å². The molecular weight excluding hydrogens is 286 g/mol. The van der Waals surface area contributed by atoms with Crippen LogP contribution in [0.1, 0.15) is 45.1 Å². The van der Waals surface area contributed by atoms with E-state index in [1.54, 1.807) is 5.01 Å². The number of benzene rings is 1. The molecule has 1 aliphatic carbocycles. The van der Waals surface area contributed by atoms with Gasteiger partial charge in [-0.3, -0.25) is 9.69 Å². The average molecular weight is 313 g/mol. The number of hydrogen-bond acceptors (Lipinski definition) is 3. The van der Waals surface area contributed by atoms with Crippen molar-refractivity contribution in [2.45, 2.75) is 45.6 Å². The number of hydrogen-bond donors (Lipinski definition) is 0. The zero-order chi connectivity index (χ0) is 16.2. The molecule has 1 aromatic rings. The first-order chi connectivity index (χ1) is 11.1. The Morgan fingerprint density at radius 2 is 2.04 bits per heavy atom. The number of carbonyl (C=O) groups excluding carboxylic acids is 1. The third kappa shape index (κ3) is 4.41. The van der Waals surface area contributed by atoms with Gasteiger partial charge < -0.3 is 0 Å². The predicted molar refractivity (Wildman–Crippen MR) is 93.4 cm³/mol. The molecule has 1 heterocycles. The molecule has 0 unspecified atom stereocenters. The second-order valence-electron chi connectivity index (χ2n) is 7.06. The molecule has 1 amide bonds.